The Kier molecular flexibility index (Phi) is 3.24. The van der Waals surface area contributed by atoms with E-state index < -0.39 is 0 Å². The lowest BCUT2D eigenvalue weighted by molar-refractivity contribution is 0.242. The van der Waals surface area contributed by atoms with Crippen LogP contribution in [-0.4, -0.2) is 6.10 Å². The first-order chi connectivity index (χ1) is 5.58. The van der Waals surface area contributed by atoms with Gasteiger partial charge in [0.15, 0.2) is 0 Å². The van der Waals surface area contributed by atoms with E-state index in [1.807, 2.05) is 13.8 Å². The summed E-state index contributed by atoms with van der Waals surface area (Å²) in [5, 5.41) is 1.19. The Morgan fingerprint density at radius 3 is 2.00 bits per heavy atom. The number of hydrogen-bond donors (Lipinski definition) is 0. The van der Waals surface area contributed by atoms with Crippen molar-refractivity contribution in [3.63, 3.8) is 0 Å². The van der Waals surface area contributed by atoms with E-state index in [1.165, 1.54) is 0 Å². The van der Waals surface area contributed by atoms with Crippen molar-refractivity contribution in [2.75, 3.05) is 0 Å². The number of rotatable bonds is 2. The highest BCUT2D eigenvalue weighted by molar-refractivity contribution is 6.34. The SMILES string of the molecule is CC(C)Oc1cc(Cl)cc(Cl)c1. The first kappa shape index (κ1) is 9.69. The quantitative estimate of drug-likeness (QED) is 0.713. The van der Waals surface area contributed by atoms with Crippen LogP contribution < -0.4 is 4.74 Å². The zero-order chi connectivity index (χ0) is 9.14. The van der Waals surface area contributed by atoms with E-state index in [4.69, 9.17) is 27.9 Å². The summed E-state index contributed by atoms with van der Waals surface area (Å²) in [6.07, 6.45) is 0.138. The van der Waals surface area contributed by atoms with Crippen molar-refractivity contribution >= 4 is 23.2 Å². The Labute approximate surface area is 82.2 Å². The maximum Gasteiger partial charge on any atom is 0.122 e. The van der Waals surface area contributed by atoms with Crippen LogP contribution in [0, 0.1) is 0 Å². The average Bonchev–Trinajstić information content (AvgIpc) is 1.81. The summed E-state index contributed by atoms with van der Waals surface area (Å²) in [5.74, 6) is 0.711. The summed E-state index contributed by atoms with van der Waals surface area (Å²) in [6.45, 7) is 3.91. The third kappa shape index (κ3) is 2.92. The minimum Gasteiger partial charge on any atom is -0.491 e. The normalized spacial score (nSPS) is 10.4. The molecule has 0 amide bonds. The molecule has 0 unspecified atom stereocenters. The van der Waals surface area contributed by atoms with Crippen LogP contribution in [0.3, 0.4) is 0 Å². The van der Waals surface area contributed by atoms with E-state index in [2.05, 4.69) is 0 Å². The standard InChI is InChI=1S/C9H10Cl2O/c1-6(2)12-9-4-7(10)3-8(11)5-9/h3-6H,1-2H3. The van der Waals surface area contributed by atoms with Crippen LogP contribution in [0.5, 0.6) is 5.75 Å². The molecule has 12 heavy (non-hydrogen) atoms. The molecule has 0 saturated carbocycles. The molecular weight excluding hydrogens is 195 g/mol. The molecule has 0 aromatic heterocycles. The van der Waals surface area contributed by atoms with Crippen molar-refractivity contribution in [3.8, 4) is 5.75 Å². The first-order valence-corrected chi connectivity index (χ1v) is 4.46. The molecule has 1 aromatic carbocycles. The minimum atomic E-state index is 0.138. The second kappa shape index (κ2) is 4.01. The zero-order valence-corrected chi connectivity index (χ0v) is 8.49. The molecule has 1 aromatic rings. The number of ether oxygens (including phenoxy) is 1. The fraction of sp³-hybridized carbons (Fsp3) is 0.333. The molecule has 0 N–H and O–H groups in total. The van der Waals surface area contributed by atoms with Crippen molar-refractivity contribution in [1.82, 2.24) is 0 Å². The van der Waals surface area contributed by atoms with Crippen LogP contribution in [0.1, 0.15) is 13.8 Å². The fourth-order valence-electron chi connectivity index (χ4n) is 0.869. The lowest BCUT2D eigenvalue weighted by Gasteiger charge is -2.09. The second-order valence-electron chi connectivity index (χ2n) is 2.77. The molecule has 66 valence electrons. The van der Waals surface area contributed by atoms with Gasteiger partial charge in [-0.15, -0.1) is 0 Å². The Hall–Kier alpha value is -0.400. The molecule has 0 radical (unpaired) electrons. The lowest BCUT2D eigenvalue weighted by atomic mass is 10.3. The molecule has 0 spiro atoms. The van der Waals surface area contributed by atoms with Crippen LogP contribution in [0.15, 0.2) is 18.2 Å². The topological polar surface area (TPSA) is 9.23 Å². The monoisotopic (exact) mass is 204 g/mol. The van der Waals surface area contributed by atoms with Crippen LogP contribution in [0.2, 0.25) is 10.0 Å². The highest BCUT2D eigenvalue weighted by Gasteiger charge is 2.00. The van der Waals surface area contributed by atoms with E-state index in [9.17, 15) is 0 Å². The summed E-state index contributed by atoms with van der Waals surface area (Å²) in [5.41, 5.74) is 0. The van der Waals surface area contributed by atoms with Crippen molar-refractivity contribution < 1.29 is 4.74 Å². The minimum absolute atomic E-state index is 0.138. The Morgan fingerprint density at radius 2 is 1.58 bits per heavy atom. The first-order valence-electron chi connectivity index (χ1n) is 3.70. The van der Waals surface area contributed by atoms with Gasteiger partial charge in [-0.05, 0) is 32.0 Å². The highest BCUT2D eigenvalue weighted by Crippen LogP contribution is 2.24. The van der Waals surface area contributed by atoms with Gasteiger partial charge in [0.05, 0.1) is 6.10 Å². The van der Waals surface area contributed by atoms with Crippen molar-refractivity contribution in [2.45, 2.75) is 20.0 Å². The molecule has 0 heterocycles. The van der Waals surface area contributed by atoms with Gasteiger partial charge in [0.1, 0.15) is 5.75 Å². The lowest BCUT2D eigenvalue weighted by Crippen LogP contribution is -2.05. The number of hydrogen-bond acceptors (Lipinski definition) is 1. The summed E-state index contributed by atoms with van der Waals surface area (Å²) in [6, 6.07) is 5.16. The predicted molar refractivity (Wildman–Crippen MR) is 52.2 cm³/mol. The van der Waals surface area contributed by atoms with Gasteiger partial charge in [0.25, 0.3) is 0 Å². The highest BCUT2D eigenvalue weighted by atomic mass is 35.5. The van der Waals surface area contributed by atoms with Gasteiger partial charge in [-0.3, -0.25) is 0 Å². The maximum absolute atomic E-state index is 5.77. The summed E-state index contributed by atoms with van der Waals surface area (Å²) < 4.78 is 5.41. The maximum atomic E-state index is 5.77. The van der Waals surface area contributed by atoms with E-state index in [0.29, 0.717) is 15.8 Å². The van der Waals surface area contributed by atoms with E-state index in [0.717, 1.165) is 0 Å². The van der Waals surface area contributed by atoms with Crippen molar-refractivity contribution in [2.24, 2.45) is 0 Å². The molecule has 0 aliphatic carbocycles. The summed E-state index contributed by atoms with van der Waals surface area (Å²) in [7, 11) is 0. The average molecular weight is 205 g/mol. The Morgan fingerprint density at radius 1 is 1.08 bits per heavy atom. The van der Waals surface area contributed by atoms with Gasteiger partial charge >= 0.3 is 0 Å². The molecule has 0 atom stereocenters. The summed E-state index contributed by atoms with van der Waals surface area (Å²) in [4.78, 5) is 0. The van der Waals surface area contributed by atoms with E-state index >= 15 is 0 Å². The van der Waals surface area contributed by atoms with Crippen LogP contribution in [0.25, 0.3) is 0 Å². The molecule has 0 aliphatic heterocycles. The molecule has 1 nitrogen and oxygen atoms in total. The van der Waals surface area contributed by atoms with Gasteiger partial charge in [0.2, 0.25) is 0 Å². The number of halogens is 2. The van der Waals surface area contributed by atoms with E-state index in [1.54, 1.807) is 18.2 Å². The van der Waals surface area contributed by atoms with Crippen LogP contribution in [0.4, 0.5) is 0 Å². The van der Waals surface area contributed by atoms with Crippen molar-refractivity contribution in [3.05, 3.63) is 28.2 Å². The molecule has 0 bridgehead atoms. The largest absolute Gasteiger partial charge is 0.491 e. The Bertz CT molecular complexity index is 251. The zero-order valence-electron chi connectivity index (χ0n) is 6.97. The van der Waals surface area contributed by atoms with E-state index in [-0.39, 0.29) is 6.10 Å². The smallest absolute Gasteiger partial charge is 0.122 e. The summed E-state index contributed by atoms with van der Waals surface area (Å²) >= 11 is 11.5. The molecule has 0 fully saturated rings. The molecule has 0 aliphatic rings. The second-order valence-corrected chi connectivity index (χ2v) is 3.64. The molecule has 0 saturated heterocycles. The number of benzene rings is 1. The van der Waals surface area contributed by atoms with Crippen molar-refractivity contribution in [1.29, 1.82) is 0 Å². The molecular formula is C9H10Cl2O. The van der Waals surface area contributed by atoms with Gasteiger partial charge in [-0.2, -0.15) is 0 Å². The fourth-order valence-corrected chi connectivity index (χ4v) is 1.37. The Balaban J connectivity index is 2.85. The third-order valence-corrected chi connectivity index (χ3v) is 1.64. The molecule has 1 rings (SSSR count). The van der Waals surface area contributed by atoms with Crippen LogP contribution in [-0.2, 0) is 0 Å². The molecule has 3 heteroatoms. The van der Waals surface area contributed by atoms with Gasteiger partial charge < -0.3 is 4.74 Å². The van der Waals surface area contributed by atoms with Gasteiger partial charge in [0, 0.05) is 10.0 Å². The predicted octanol–water partition coefficient (Wildman–Crippen LogP) is 3.78. The van der Waals surface area contributed by atoms with Crippen LogP contribution >= 0.6 is 23.2 Å². The van der Waals surface area contributed by atoms with Gasteiger partial charge in [-0.25, -0.2) is 0 Å². The van der Waals surface area contributed by atoms with Gasteiger partial charge in [-0.1, -0.05) is 23.2 Å². The third-order valence-electron chi connectivity index (χ3n) is 1.21.